The summed E-state index contributed by atoms with van der Waals surface area (Å²) in [6.07, 6.45) is 5.63. The maximum absolute atomic E-state index is 13.6. The van der Waals surface area contributed by atoms with E-state index in [2.05, 4.69) is 47.5 Å². The average molecular weight is 782 g/mol. The Bertz CT molecular complexity index is 2130. The van der Waals surface area contributed by atoms with E-state index in [9.17, 15) is 31.9 Å². The topological polar surface area (TPSA) is 175 Å². The second-order valence-electron chi connectivity index (χ2n) is 14.8. The first-order valence-corrected chi connectivity index (χ1v) is 19.8. The molecule has 1 unspecified atom stereocenters. The average Bonchev–Trinajstić information content (AvgIpc) is 3.47. The van der Waals surface area contributed by atoms with E-state index < -0.39 is 28.3 Å². The lowest BCUT2D eigenvalue weighted by Gasteiger charge is -2.37. The van der Waals surface area contributed by atoms with Gasteiger partial charge in [0.05, 0.1) is 28.4 Å². The molecule has 55 heavy (non-hydrogen) atoms. The van der Waals surface area contributed by atoms with Crippen LogP contribution in [0.4, 0.5) is 25.3 Å². The fraction of sp³-hybridized carbons (Fsp3) is 0.486. The van der Waals surface area contributed by atoms with Gasteiger partial charge in [-0.15, -0.1) is 0 Å². The lowest BCUT2D eigenvalue weighted by atomic mass is 9.88. The Labute approximate surface area is 317 Å². The van der Waals surface area contributed by atoms with E-state index in [4.69, 9.17) is 0 Å². The van der Waals surface area contributed by atoms with Gasteiger partial charge in [-0.3, -0.25) is 19.7 Å². The maximum atomic E-state index is 13.6. The molecule has 0 bridgehead atoms. The fourth-order valence-corrected chi connectivity index (χ4v) is 9.36. The van der Waals surface area contributed by atoms with Gasteiger partial charge in [0.2, 0.25) is 21.9 Å². The Morgan fingerprint density at radius 1 is 1.02 bits per heavy atom. The standard InChI is InChI=1S/C37H45F2N9O6S/c1-37(51,23-46-13-8-25(9-14-46)26-6-7-30-31(19-26)45(2)44-33(30)48-17-12-32(49)43-36(48)50)20-24-4-3-5-29(18-24)55(52,53)47-15-10-27(11-16-47)42-35-40-21-28(22-41-35)54-34(38)39/h3-7,18-19,21-22,25,27,34,51H,8-17,20,23H2,1-2H3,(H,40,41,42)(H,43,49,50). The Balaban J connectivity index is 0.909. The normalized spacial score (nSPS) is 19.5. The maximum Gasteiger partial charge on any atom is 0.387 e. The number of benzene rings is 2. The molecule has 0 radical (unpaired) electrons. The zero-order chi connectivity index (χ0) is 38.9. The van der Waals surface area contributed by atoms with E-state index in [1.807, 2.05) is 19.2 Å². The lowest BCUT2D eigenvalue weighted by molar-refractivity contribution is -0.120. The molecule has 3 N–H and O–H groups in total. The van der Waals surface area contributed by atoms with Crippen molar-refractivity contribution in [1.82, 2.24) is 34.3 Å². The Kier molecular flexibility index (Phi) is 11.0. The van der Waals surface area contributed by atoms with E-state index in [-0.39, 0.29) is 61.0 Å². The van der Waals surface area contributed by atoms with Crippen molar-refractivity contribution in [2.75, 3.05) is 49.5 Å². The molecule has 3 fully saturated rings. The van der Waals surface area contributed by atoms with E-state index in [0.717, 1.165) is 54.8 Å². The van der Waals surface area contributed by atoms with Crippen molar-refractivity contribution >= 4 is 44.6 Å². The smallest absolute Gasteiger partial charge is 0.387 e. The number of likely N-dealkylation sites (tertiary alicyclic amines) is 1. The van der Waals surface area contributed by atoms with Gasteiger partial charge in [-0.1, -0.05) is 18.2 Å². The third-order valence-corrected chi connectivity index (χ3v) is 12.4. The number of hydrogen-bond donors (Lipinski definition) is 3. The van der Waals surface area contributed by atoms with E-state index >= 15 is 0 Å². The van der Waals surface area contributed by atoms with Crippen LogP contribution in [0.5, 0.6) is 5.75 Å². The highest BCUT2D eigenvalue weighted by atomic mass is 32.2. The van der Waals surface area contributed by atoms with Gasteiger partial charge in [0.25, 0.3) is 0 Å². The third kappa shape index (κ3) is 8.87. The second kappa shape index (κ2) is 15.8. The number of carbonyl (C=O) groups is 2. The summed E-state index contributed by atoms with van der Waals surface area (Å²) in [5.74, 6) is 0.664. The number of β-amino-alcohol motifs (C(OH)–C–C–N with tert-alkyl or cyclic N) is 1. The number of carbonyl (C=O) groups excluding carboxylic acids is 2. The number of aliphatic hydroxyl groups is 1. The highest BCUT2D eigenvalue weighted by Crippen LogP contribution is 2.34. The zero-order valence-corrected chi connectivity index (χ0v) is 31.5. The number of halogens is 2. The number of amides is 3. The Hall–Kier alpha value is -4.78. The quantitative estimate of drug-likeness (QED) is 0.191. The molecule has 3 saturated heterocycles. The number of aromatic nitrogens is 4. The molecule has 4 aromatic rings. The number of hydrogen-bond acceptors (Lipinski definition) is 11. The van der Waals surface area contributed by atoms with Gasteiger partial charge >= 0.3 is 12.6 Å². The molecule has 3 aliphatic rings. The number of urea groups is 1. The van der Waals surface area contributed by atoms with E-state index in [1.54, 1.807) is 29.8 Å². The van der Waals surface area contributed by atoms with E-state index in [1.165, 1.54) is 14.8 Å². The number of aryl methyl sites for hydroxylation is 1. The molecule has 1 atom stereocenters. The van der Waals surface area contributed by atoms with Crippen LogP contribution >= 0.6 is 0 Å². The molecular formula is C37H45F2N9O6S. The number of piperidine rings is 2. The molecule has 2 aromatic carbocycles. The molecule has 3 aliphatic heterocycles. The fourth-order valence-electron chi connectivity index (χ4n) is 7.82. The van der Waals surface area contributed by atoms with Crippen LogP contribution in [-0.4, -0.2) is 112 Å². The highest BCUT2D eigenvalue weighted by Gasteiger charge is 2.33. The minimum atomic E-state index is -3.78. The summed E-state index contributed by atoms with van der Waals surface area (Å²) in [5.41, 5.74) is 1.73. The van der Waals surface area contributed by atoms with Gasteiger partial charge in [-0.25, -0.2) is 23.2 Å². The van der Waals surface area contributed by atoms with Crippen LogP contribution in [0.25, 0.3) is 10.9 Å². The monoisotopic (exact) mass is 781 g/mol. The van der Waals surface area contributed by atoms with Gasteiger partial charge in [0.15, 0.2) is 11.6 Å². The number of alkyl halides is 2. The Morgan fingerprint density at radius 2 is 1.75 bits per heavy atom. The van der Waals surface area contributed by atoms with Crippen molar-refractivity contribution in [3.05, 3.63) is 66.0 Å². The summed E-state index contributed by atoms with van der Waals surface area (Å²) < 4.78 is 59.6. The first-order valence-electron chi connectivity index (χ1n) is 18.4. The lowest BCUT2D eigenvalue weighted by Crippen LogP contribution is -2.49. The number of anilines is 2. The predicted molar refractivity (Wildman–Crippen MR) is 199 cm³/mol. The molecule has 7 rings (SSSR count). The molecule has 0 saturated carbocycles. The van der Waals surface area contributed by atoms with Crippen molar-refractivity contribution in [2.24, 2.45) is 7.05 Å². The molecule has 15 nitrogen and oxygen atoms in total. The summed E-state index contributed by atoms with van der Waals surface area (Å²) >= 11 is 0. The van der Waals surface area contributed by atoms with Gasteiger partial charge in [0, 0.05) is 57.5 Å². The summed E-state index contributed by atoms with van der Waals surface area (Å²) in [6, 6.07) is 12.4. The van der Waals surface area contributed by atoms with Crippen molar-refractivity contribution in [1.29, 1.82) is 0 Å². The molecule has 5 heterocycles. The van der Waals surface area contributed by atoms with Crippen LogP contribution in [0.15, 0.2) is 59.8 Å². The number of fused-ring (bicyclic) bond motifs is 1. The van der Waals surface area contributed by atoms with Gasteiger partial charge in [0.1, 0.15) is 0 Å². The van der Waals surface area contributed by atoms with Crippen LogP contribution in [0.2, 0.25) is 0 Å². The first kappa shape index (κ1) is 38.5. The van der Waals surface area contributed by atoms with E-state index in [0.29, 0.717) is 31.1 Å². The highest BCUT2D eigenvalue weighted by molar-refractivity contribution is 7.89. The third-order valence-electron chi connectivity index (χ3n) is 10.6. The number of imide groups is 1. The summed E-state index contributed by atoms with van der Waals surface area (Å²) in [7, 11) is -1.93. The molecular weight excluding hydrogens is 737 g/mol. The predicted octanol–water partition coefficient (Wildman–Crippen LogP) is 3.85. The first-order chi connectivity index (χ1) is 26.2. The molecule has 294 valence electrons. The zero-order valence-electron chi connectivity index (χ0n) is 30.7. The molecule has 3 amide bonds. The molecule has 0 aliphatic carbocycles. The van der Waals surface area contributed by atoms with Crippen molar-refractivity contribution < 1.29 is 36.6 Å². The summed E-state index contributed by atoms with van der Waals surface area (Å²) in [5, 5.41) is 22.5. The number of rotatable bonds is 12. The SMILES string of the molecule is Cn1nc(N2CCC(=O)NC2=O)c2ccc(C3CCN(CC(C)(O)Cc4cccc(S(=O)(=O)N5CCC(Nc6ncc(OC(F)F)cn6)CC5)c4)CC3)cc21. The number of nitrogens with one attached hydrogen (secondary N) is 2. The van der Waals surface area contributed by atoms with Crippen LogP contribution in [-0.2, 0) is 28.3 Å². The largest absolute Gasteiger partial charge is 0.432 e. The van der Waals surface area contributed by atoms with Crippen LogP contribution in [0.1, 0.15) is 56.1 Å². The van der Waals surface area contributed by atoms with Gasteiger partial charge in [-0.2, -0.15) is 18.2 Å². The summed E-state index contributed by atoms with van der Waals surface area (Å²) in [6.45, 7) is 1.69. The van der Waals surface area contributed by atoms with Crippen molar-refractivity contribution in [2.45, 2.75) is 74.5 Å². The van der Waals surface area contributed by atoms with Crippen molar-refractivity contribution in [3.8, 4) is 5.75 Å². The second-order valence-corrected chi connectivity index (χ2v) is 16.7. The molecule has 2 aromatic heterocycles. The van der Waals surface area contributed by atoms with Gasteiger partial charge in [-0.05, 0) is 87.0 Å². The number of sulfonamides is 1. The minimum Gasteiger partial charge on any atom is -0.432 e. The number of ether oxygens (including phenoxy) is 1. The Morgan fingerprint density at radius 3 is 2.44 bits per heavy atom. The minimum absolute atomic E-state index is 0.0945. The van der Waals surface area contributed by atoms with Gasteiger partial charge < -0.3 is 20.1 Å². The van der Waals surface area contributed by atoms with Crippen LogP contribution in [0.3, 0.4) is 0 Å². The van der Waals surface area contributed by atoms with Crippen LogP contribution < -0.4 is 20.3 Å². The molecule has 18 heteroatoms. The van der Waals surface area contributed by atoms with Crippen molar-refractivity contribution in [3.63, 3.8) is 0 Å². The number of nitrogens with zero attached hydrogens (tertiary/aromatic N) is 7. The molecule has 0 spiro atoms. The summed E-state index contributed by atoms with van der Waals surface area (Å²) in [4.78, 5) is 36.1. The van der Waals surface area contributed by atoms with Crippen LogP contribution in [0, 0.1) is 0 Å².